The maximum Gasteiger partial charge on any atom is 0.263 e. The molecule has 1 heterocycles. The molecule has 0 saturated carbocycles. The zero-order valence-corrected chi connectivity index (χ0v) is 17.8. The normalized spacial score (nSPS) is 11.8. The molecule has 1 amide bonds. The molecule has 0 aliphatic rings. The van der Waals surface area contributed by atoms with E-state index in [4.69, 9.17) is 0 Å². The molecule has 0 spiro atoms. The summed E-state index contributed by atoms with van der Waals surface area (Å²) < 4.78 is 0. The van der Waals surface area contributed by atoms with Gasteiger partial charge in [-0.2, -0.15) is 10.2 Å². The second-order valence-corrected chi connectivity index (χ2v) is 7.79. The lowest BCUT2D eigenvalue weighted by Gasteiger charge is -2.20. The first-order chi connectivity index (χ1) is 15.7. The van der Waals surface area contributed by atoms with E-state index in [9.17, 15) is 9.59 Å². The van der Waals surface area contributed by atoms with Crippen LogP contribution in [-0.4, -0.2) is 17.9 Å². The van der Waals surface area contributed by atoms with Gasteiger partial charge in [0.15, 0.2) is 6.17 Å². The van der Waals surface area contributed by atoms with Crippen LogP contribution < -0.4 is 10.6 Å². The third-order valence-corrected chi connectivity index (χ3v) is 5.42. The van der Waals surface area contributed by atoms with Crippen LogP contribution in [0.4, 0.5) is 17.1 Å². The lowest BCUT2D eigenvalue weighted by Crippen LogP contribution is -2.46. The van der Waals surface area contributed by atoms with E-state index >= 15 is 0 Å². The Bertz CT molecular complexity index is 1190. The van der Waals surface area contributed by atoms with Gasteiger partial charge >= 0.3 is 0 Å². The number of Topliss-reactive ketones (excluding diaryl/α,β-unsaturated/α-hetero) is 1. The molecule has 0 fully saturated rings. The van der Waals surface area contributed by atoms with Crippen LogP contribution in [0.5, 0.6) is 0 Å². The molecule has 158 valence electrons. The molecule has 1 atom stereocenters. The highest BCUT2D eigenvalue weighted by Gasteiger charge is 2.23. The summed E-state index contributed by atoms with van der Waals surface area (Å²) in [5.41, 5.74) is 2.61. The minimum absolute atomic E-state index is 0.233. The SMILES string of the molecule is O=C(N[C@@H](Nc1ccc(N=Nc2ccccc2)cc1)C(=O)c1ccccc1)c1cccs1. The van der Waals surface area contributed by atoms with Crippen molar-refractivity contribution in [2.45, 2.75) is 6.17 Å². The summed E-state index contributed by atoms with van der Waals surface area (Å²) in [5.74, 6) is -0.543. The smallest absolute Gasteiger partial charge is 0.263 e. The second-order valence-electron chi connectivity index (χ2n) is 6.84. The van der Waals surface area contributed by atoms with E-state index in [1.165, 1.54) is 11.3 Å². The number of nitrogens with zero attached hydrogens (tertiary/aromatic N) is 2. The Kier molecular flexibility index (Phi) is 6.79. The number of anilines is 1. The Labute approximate surface area is 189 Å². The van der Waals surface area contributed by atoms with Crippen molar-refractivity contribution < 1.29 is 9.59 Å². The van der Waals surface area contributed by atoms with Gasteiger partial charge in [-0.05, 0) is 47.8 Å². The number of hydrogen-bond acceptors (Lipinski definition) is 6. The fourth-order valence-corrected chi connectivity index (χ4v) is 3.57. The third-order valence-electron chi connectivity index (χ3n) is 4.56. The summed E-state index contributed by atoms with van der Waals surface area (Å²) in [6.45, 7) is 0. The lowest BCUT2D eigenvalue weighted by atomic mass is 10.1. The van der Waals surface area contributed by atoms with Crippen LogP contribution in [0.1, 0.15) is 20.0 Å². The average molecular weight is 441 g/mol. The maximum absolute atomic E-state index is 13.1. The maximum atomic E-state index is 13.1. The van der Waals surface area contributed by atoms with Crippen LogP contribution >= 0.6 is 11.3 Å². The van der Waals surface area contributed by atoms with E-state index in [1.54, 1.807) is 60.7 Å². The largest absolute Gasteiger partial charge is 0.359 e. The summed E-state index contributed by atoms with van der Waals surface area (Å²) in [5, 5.41) is 16.2. The molecular weight excluding hydrogens is 420 g/mol. The number of rotatable bonds is 8. The molecule has 0 aliphatic carbocycles. The molecule has 0 aliphatic heterocycles. The Hall–Kier alpha value is -4.10. The first-order valence-electron chi connectivity index (χ1n) is 9.96. The van der Waals surface area contributed by atoms with Crippen molar-refractivity contribution in [1.82, 2.24) is 5.32 Å². The highest BCUT2D eigenvalue weighted by Crippen LogP contribution is 2.21. The van der Waals surface area contributed by atoms with Gasteiger partial charge in [0.1, 0.15) is 0 Å². The molecule has 32 heavy (non-hydrogen) atoms. The number of nitrogens with one attached hydrogen (secondary N) is 2. The number of carbonyl (C=O) groups excluding carboxylic acids is 2. The van der Waals surface area contributed by atoms with Crippen molar-refractivity contribution in [2.24, 2.45) is 10.2 Å². The molecule has 6 nitrogen and oxygen atoms in total. The molecule has 1 aromatic heterocycles. The third kappa shape index (κ3) is 5.53. The van der Waals surface area contributed by atoms with Crippen molar-refractivity contribution in [3.8, 4) is 0 Å². The number of azo groups is 1. The molecule has 2 N–H and O–H groups in total. The van der Waals surface area contributed by atoms with Crippen molar-refractivity contribution in [3.63, 3.8) is 0 Å². The first kappa shape index (κ1) is 21.1. The number of ketones is 1. The number of benzene rings is 3. The molecule has 4 aromatic rings. The number of thiophene rings is 1. The Balaban J connectivity index is 1.50. The van der Waals surface area contributed by atoms with E-state index in [-0.39, 0.29) is 11.7 Å². The van der Waals surface area contributed by atoms with Crippen LogP contribution in [-0.2, 0) is 0 Å². The highest BCUT2D eigenvalue weighted by molar-refractivity contribution is 7.12. The summed E-state index contributed by atoms with van der Waals surface area (Å²) in [6.07, 6.45) is -0.927. The van der Waals surface area contributed by atoms with Gasteiger partial charge in [-0.3, -0.25) is 9.59 Å². The second kappa shape index (κ2) is 10.3. The van der Waals surface area contributed by atoms with E-state index in [0.717, 1.165) is 5.69 Å². The van der Waals surface area contributed by atoms with Gasteiger partial charge in [0.2, 0.25) is 5.78 Å². The molecule has 3 aromatic carbocycles. The van der Waals surface area contributed by atoms with Crippen LogP contribution in [0.3, 0.4) is 0 Å². The van der Waals surface area contributed by atoms with Crippen LogP contribution in [0.2, 0.25) is 0 Å². The average Bonchev–Trinajstić information content (AvgIpc) is 3.39. The predicted octanol–water partition coefficient (Wildman–Crippen LogP) is 6.21. The summed E-state index contributed by atoms with van der Waals surface area (Å²) in [6, 6.07) is 29.0. The summed E-state index contributed by atoms with van der Waals surface area (Å²) in [4.78, 5) is 26.2. The molecule has 0 unspecified atom stereocenters. The van der Waals surface area contributed by atoms with Gasteiger partial charge in [0.05, 0.1) is 16.3 Å². The number of hydrogen-bond donors (Lipinski definition) is 2. The monoisotopic (exact) mass is 440 g/mol. The van der Waals surface area contributed by atoms with E-state index in [1.807, 2.05) is 41.8 Å². The van der Waals surface area contributed by atoms with Gasteiger partial charge in [0.25, 0.3) is 5.91 Å². The van der Waals surface area contributed by atoms with Gasteiger partial charge < -0.3 is 10.6 Å². The van der Waals surface area contributed by atoms with Gasteiger partial charge in [-0.1, -0.05) is 54.6 Å². The van der Waals surface area contributed by atoms with Crippen molar-refractivity contribution in [3.05, 3.63) is 113 Å². The quantitative estimate of drug-likeness (QED) is 0.194. The fourth-order valence-electron chi connectivity index (χ4n) is 2.95. The summed E-state index contributed by atoms with van der Waals surface area (Å²) in [7, 11) is 0. The molecule has 0 bridgehead atoms. The standard InChI is InChI=1S/C25H20N4O2S/c30-23(18-8-3-1-4-9-18)24(27-25(31)22-12-7-17-32-22)26-19-13-15-21(16-14-19)29-28-20-10-5-2-6-11-20/h1-17,24,26H,(H,27,31)/t24-/m1/s1. The lowest BCUT2D eigenvalue weighted by molar-refractivity contribution is 0.0872. The van der Waals surface area contributed by atoms with Gasteiger partial charge in [-0.15, -0.1) is 11.3 Å². The van der Waals surface area contributed by atoms with Crippen molar-refractivity contribution in [1.29, 1.82) is 0 Å². The van der Waals surface area contributed by atoms with Crippen molar-refractivity contribution >= 4 is 40.1 Å². The van der Waals surface area contributed by atoms with E-state index in [2.05, 4.69) is 20.9 Å². The van der Waals surface area contributed by atoms with Crippen molar-refractivity contribution in [2.75, 3.05) is 5.32 Å². The molecule has 0 saturated heterocycles. The van der Waals surface area contributed by atoms with E-state index < -0.39 is 6.17 Å². The van der Waals surface area contributed by atoms with Gasteiger partial charge in [-0.25, -0.2) is 0 Å². The molecular formula is C25H20N4O2S. The number of amides is 1. The zero-order chi connectivity index (χ0) is 22.2. The zero-order valence-electron chi connectivity index (χ0n) is 17.0. The number of carbonyl (C=O) groups is 2. The van der Waals surface area contributed by atoms with Gasteiger partial charge in [0, 0.05) is 11.3 Å². The molecule has 0 radical (unpaired) electrons. The fraction of sp³-hybridized carbons (Fsp3) is 0.0400. The topological polar surface area (TPSA) is 82.9 Å². The summed E-state index contributed by atoms with van der Waals surface area (Å²) >= 11 is 1.32. The van der Waals surface area contributed by atoms with Crippen LogP contribution in [0.15, 0.2) is 113 Å². The van der Waals surface area contributed by atoms with Crippen LogP contribution in [0.25, 0.3) is 0 Å². The predicted molar refractivity (Wildman–Crippen MR) is 127 cm³/mol. The Morgan fingerprint density at radius 2 is 1.34 bits per heavy atom. The minimum Gasteiger partial charge on any atom is -0.359 e. The highest BCUT2D eigenvalue weighted by atomic mass is 32.1. The first-order valence-corrected chi connectivity index (χ1v) is 10.8. The minimum atomic E-state index is -0.927. The van der Waals surface area contributed by atoms with E-state index in [0.29, 0.717) is 21.8 Å². The Morgan fingerprint density at radius 3 is 1.97 bits per heavy atom. The van der Waals surface area contributed by atoms with Crippen LogP contribution in [0, 0.1) is 0 Å². The molecule has 4 rings (SSSR count). The molecule has 7 heteroatoms. The Morgan fingerprint density at radius 1 is 0.719 bits per heavy atom.